The third-order valence-corrected chi connectivity index (χ3v) is 5.71. The quantitative estimate of drug-likeness (QED) is 0.626. The van der Waals surface area contributed by atoms with Gasteiger partial charge in [-0.15, -0.1) is 0 Å². The van der Waals surface area contributed by atoms with Crippen LogP contribution in [0.4, 0.5) is 0 Å². The third-order valence-electron chi connectivity index (χ3n) is 5.71. The first-order valence-corrected chi connectivity index (χ1v) is 9.76. The number of hydrogen-bond acceptors (Lipinski definition) is 4. The van der Waals surface area contributed by atoms with Crippen molar-refractivity contribution in [2.75, 3.05) is 13.2 Å². The number of nitrogens with one attached hydrogen (secondary N) is 2. The number of guanidine groups is 1. The lowest BCUT2D eigenvalue weighted by atomic mass is 9.57. The van der Waals surface area contributed by atoms with Gasteiger partial charge >= 0.3 is 0 Å². The number of benzene rings is 1. The first-order chi connectivity index (χ1) is 13.1. The van der Waals surface area contributed by atoms with Gasteiger partial charge < -0.3 is 19.8 Å². The van der Waals surface area contributed by atoms with Crippen molar-refractivity contribution in [1.29, 1.82) is 0 Å². The molecule has 4 rings (SSSR count). The topological polar surface area (TPSA) is 71.7 Å². The molecule has 1 aliphatic heterocycles. The summed E-state index contributed by atoms with van der Waals surface area (Å²) >= 11 is 0. The molecule has 1 aliphatic carbocycles. The lowest BCUT2D eigenvalue weighted by Crippen LogP contribution is -2.67. The maximum absolute atomic E-state index is 5.89. The van der Waals surface area contributed by atoms with E-state index in [2.05, 4.69) is 36.4 Å². The van der Waals surface area contributed by atoms with Crippen LogP contribution in [0.2, 0.25) is 0 Å². The van der Waals surface area contributed by atoms with Crippen LogP contribution in [0.25, 0.3) is 11.5 Å². The molecule has 2 aromatic rings. The van der Waals surface area contributed by atoms with Crippen LogP contribution in [-0.2, 0) is 11.3 Å². The molecule has 6 nitrogen and oxygen atoms in total. The molecule has 0 radical (unpaired) electrons. The molecule has 144 valence electrons. The Morgan fingerprint density at radius 1 is 1.30 bits per heavy atom. The van der Waals surface area contributed by atoms with Crippen molar-refractivity contribution in [2.24, 2.45) is 16.3 Å². The summed E-state index contributed by atoms with van der Waals surface area (Å²) in [6.07, 6.45) is 3.17. The summed E-state index contributed by atoms with van der Waals surface area (Å²) in [5.41, 5.74) is 1.91. The smallest absolute Gasteiger partial charge is 0.226 e. The van der Waals surface area contributed by atoms with E-state index in [1.807, 2.05) is 30.3 Å². The van der Waals surface area contributed by atoms with Gasteiger partial charge in [0.15, 0.2) is 5.96 Å². The molecule has 1 saturated carbocycles. The minimum atomic E-state index is 0.117. The molecule has 2 aliphatic rings. The highest BCUT2D eigenvalue weighted by Gasteiger charge is 2.59. The highest BCUT2D eigenvalue weighted by atomic mass is 16.5. The van der Waals surface area contributed by atoms with Crippen molar-refractivity contribution in [3.05, 3.63) is 42.3 Å². The molecule has 3 atom stereocenters. The molecule has 1 aromatic carbocycles. The maximum Gasteiger partial charge on any atom is 0.226 e. The minimum Gasteiger partial charge on any atom is -0.444 e. The second kappa shape index (κ2) is 7.35. The third kappa shape index (κ3) is 3.46. The molecule has 2 heterocycles. The second-order valence-corrected chi connectivity index (χ2v) is 7.89. The summed E-state index contributed by atoms with van der Waals surface area (Å²) in [5.74, 6) is 2.02. The Morgan fingerprint density at radius 3 is 2.89 bits per heavy atom. The van der Waals surface area contributed by atoms with Crippen LogP contribution < -0.4 is 10.6 Å². The second-order valence-electron chi connectivity index (χ2n) is 7.89. The number of oxazole rings is 1. The van der Waals surface area contributed by atoms with Crippen molar-refractivity contribution in [3.63, 3.8) is 0 Å². The SMILES string of the molecule is CCNC(=NCc1coc(-c2ccccc2)n1)NC1C2CCOC2C1(C)C. The largest absolute Gasteiger partial charge is 0.444 e. The van der Waals surface area contributed by atoms with Gasteiger partial charge in [0.2, 0.25) is 5.89 Å². The Bertz CT molecular complexity index is 800. The molecule has 0 amide bonds. The van der Waals surface area contributed by atoms with Crippen molar-refractivity contribution >= 4 is 5.96 Å². The number of hydrogen-bond donors (Lipinski definition) is 2. The van der Waals surface area contributed by atoms with Gasteiger partial charge in [0.25, 0.3) is 0 Å². The Morgan fingerprint density at radius 2 is 2.11 bits per heavy atom. The van der Waals surface area contributed by atoms with E-state index in [0.717, 1.165) is 36.8 Å². The molecular weight excluding hydrogens is 340 g/mol. The average Bonchev–Trinajstić information content (AvgIpc) is 3.33. The van der Waals surface area contributed by atoms with Crippen molar-refractivity contribution in [3.8, 4) is 11.5 Å². The van der Waals surface area contributed by atoms with Gasteiger partial charge in [-0.2, -0.15) is 0 Å². The Balaban J connectivity index is 1.43. The van der Waals surface area contributed by atoms with E-state index in [0.29, 0.717) is 30.5 Å². The highest BCUT2D eigenvalue weighted by molar-refractivity contribution is 5.80. The van der Waals surface area contributed by atoms with Gasteiger partial charge in [-0.3, -0.25) is 0 Å². The Hall–Kier alpha value is -2.34. The number of fused-ring (bicyclic) bond motifs is 1. The van der Waals surface area contributed by atoms with Gasteiger partial charge in [-0.1, -0.05) is 32.0 Å². The van der Waals surface area contributed by atoms with Crippen molar-refractivity contribution in [1.82, 2.24) is 15.6 Å². The highest BCUT2D eigenvalue weighted by Crippen LogP contribution is 2.52. The molecule has 27 heavy (non-hydrogen) atoms. The summed E-state index contributed by atoms with van der Waals surface area (Å²) in [7, 11) is 0. The van der Waals surface area contributed by atoms with Gasteiger partial charge in [0, 0.05) is 36.1 Å². The average molecular weight is 368 g/mol. The molecule has 0 bridgehead atoms. The molecule has 1 saturated heterocycles. The van der Waals surface area contributed by atoms with Gasteiger partial charge in [0.05, 0.1) is 12.6 Å². The van der Waals surface area contributed by atoms with Crippen LogP contribution in [0, 0.1) is 11.3 Å². The summed E-state index contributed by atoms with van der Waals surface area (Å²) in [4.78, 5) is 9.28. The molecule has 3 unspecified atom stereocenters. The summed E-state index contributed by atoms with van der Waals surface area (Å²) in [6, 6.07) is 10.3. The van der Waals surface area contributed by atoms with E-state index in [9.17, 15) is 0 Å². The predicted molar refractivity (Wildman–Crippen MR) is 105 cm³/mol. The maximum atomic E-state index is 5.89. The summed E-state index contributed by atoms with van der Waals surface area (Å²) in [6.45, 7) is 8.77. The fourth-order valence-electron chi connectivity index (χ4n) is 4.34. The summed E-state index contributed by atoms with van der Waals surface area (Å²) in [5, 5.41) is 6.97. The number of rotatable bonds is 5. The van der Waals surface area contributed by atoms with E-state index in [4.69, 9.17) is 14.1 Å². The van der Waals surface area contributed by atoms with Crippen LogP contribution >= 0.6 is 0 Å². The minimum absolute atomic E-state index is 0.117. The molecular formula is C21H28N4O2. The molecule has 2 fully saturated rings. The zero-order valence-corrected chi connectivity index (χ0v) is 16.2. The van der Waals surface area contributed by atoms with E-state index in [1.54, 1.807) is 6.26 Å². The lowest BCUT2D eigenvalue weighted by Gasteiger charge is -2.54. The number of aromatic nitrogens is 1. The van der Waals surface area contributed by atoms with E-state index >= 15 is 0 Å². The van der Waals surface area contributed by atoms with E-state index in [-0.39, 0.29) is 5.41 Å². The fraction of sp³-hybridized carbons (Fsp3) is 0.524. The normalized spacial score (nSPS) is 26.3. The summed E-state index contributed by atoms with van der Waals surface area (Å²) < 4.78 is 11.5. The van der Waals surface area contributed by atoms with Gasteiger partial charge in [-0.25, -0.2) is 9.98 Å². The van der Waals surface area contributed by atoms with Crippen LogP contribution in [0.5, 0.6) is 0 Å². The van der Waals surface area contributed by atoms with Gasteiger partial charge in [-0.05, 0) is 25.5 Å². The number of nitrogens with zero attached hydrogens (tertiary/aromatic N) is 2. The Kier molecular flexibility index (Phi) is 4.91. The number of ether oxygens (including phenoxy) is 1. The first kappa shape index (κ1) is 18.0. The van der Waals surface area contributed by atoms with Gasteiger partial charge in [0.1, 0.15) is 12.0 Å². The van der Waals surface area contributed by atoms with E-state index in [1.165, 1.54) is 0 Å². The first-order valence-electron chi connectivity index (χ1n) is 9.76. The standard InChI is InChI=1S/C21H28N4O2/c1-4-22-20(25-17-16-10-11-26-18(16)21(17,2)3)23-12-15-13-27-19(24-15)14-8-6-5-7-9-14/h5-9,13,16-18H,4,10-12H2,1-3H3,(H2,22,23,25). The fourth-order valence-corrected chi connectivity index (χ4v) is 4.34. The zero-order valence-electron chi connectivity index (χ0n) is 16.2. The van der Waals surface area contributed by atoms with Crippen LogP contribution in [0.1, 0.15) is 32.9 Å². The monoisotopic (exact) mass is 368 g/mol. The lowest BCUT2D eigenvalue weighted by molar-refractivity contribution is -0.106. The zero-order chi connectivity index (χ0) is 18.9. The predicted octanol–water partition coefficient (Wildman–Crippen LogP) is 3.21. The van der Waals surface area contributed by atoms with Crippen molar-refractivity contribution in [2.45, 2.75) is 45.9 Å². The number of aliphatic imine (C=N–C) groups is 1. The molecule has 0 spiro atoms. The van der Waals surface area contributed by atoms with Crippen LogP contribution in [-0.4, -0.2) is 36.2 Å². The van der Waals surface area contributed by atoms with Crippen LogP contribution in [0.15, 0.2) is 46.0 Å². The molecule has 6 heteroatoms. The Labute approximate surface area is 160 Å². The van der Waals surface area contributed by atoms with Crippen LogP contribution in [0.3, 0.4) is 0 Å². The molecule has 1 aromatic heterocycles. The molecule has 2 N–H and O–H groups in total. The van der Waals surface area contributed by atoms with E-state index < -0.39 is 0 Å². The van der Waals surface area contributed by atoms with Crippen molar-refractivity contribution < 1.29 is 9.15 Å².